The van der Waals surface area contributed by atoms with Crippen molar-refractivity contribution in [3.05, 3.63) is 0 Å². The molecule has 4 aliphatic carbocycles. The average molecular weight is 762 g/mol. The zero-order valence-electron chi connectivity index (χ0n) is 33.2. The van der Waals surface area contributed by atoms with E-state index in [-0.39, 0.29) is 35.5 Å². The summed E-state index contributed by atoms with van der Waals surface area (Å²) in [5, 5.41) is 11.9. The molecule has 1 heterocycles. The van der Waals surface area contributed by atoms with Crippen LogP contribution in [-0.2, 0) is 29.0 Å². The minimum Gasteiger partial charge on any atom is -0.347 e. The first kappa shape index (κ1) is 41.5. The van der Waals surface area contributed by atoms with Crippen molar-refractivity contribution in [1.82, 2.24) is 26.2 Å². The van der Waals surface area contributed by atoms with Gasteiger partial charge in [0.25, 0.3) is 5.91 Å². The van der Waals surface area contributed by atoms with Gasteiger partial charge < -0.3 is 26.2 Å². The summed E-state index contributed by atoms with van der Waals surface area (Å²) in [5.74, 6) is -2.08. The van der Waals surface area contributed by atoms with Crippen molar-refractivity contribution in [2.24, 2.45) is 23.2 Å². The fourth-order valence-corrected chi connectivity index (χ4v) is 10.9. The number of hydrogen-bond donors (Lipinski definition) is 4. The first-order valence-electron chi connectivity index (χ1n) is 20.7. The zero-order valence-corrected chi connectivity index (χ0v) is 34.0. The minimum atomic E-state index is -3.57. The van der Waals surface area contributed by atoms with E-state index in [1.807, 2.05) is 27.7 Å². The van der Waals surface area contributed by atoms with E-state index in [1.165, 1.54) is 0 Å². The van der Waals surface area contributed by atoms with Gasteiger partial charge in [-0.3, -0.25) is 19.2 Å². The smallest absolute Gasteiger partial charge is 0.315 e. The SMILES string of the molecule is CCC(C)(C)S(=O)(=O)CC1(NC(=O)N[C@H](C(=O)N2CC[C@H](C(C)C)[C@H]2C(=O)NC(CC2CC2)C(=O)C(=O)NC2CC2)C2(C)CCCCC2)CCCCC1. The van der Waals surface area contributed by atoms with Gasteiger partial charge in [0.15, 0.2) is 9.84 Å². The molecule has 1 unspecified atom stereocenters. The summed E-state index contributed by atoms with van der Waals surface area (Å²) >= 11 is 0. The lowest BCUT2D eigenvalue weighted by Gasteiger charge is -2.44. The fraction of sp³-hybridized carbons (Fsp3) is 0.875. The summed E-state index contributed by atoms with van der Waals surface area (Å²) in [6.45, 7) is 11.7. The van der Waals surface area contributed by atoms with Crippen molar-refractivity contribution in [3.63, 3.8) is 0 Å². The van der Waals surface area contributed by atoms with Gasteiger partial charge in [0.2, 0.25) is 17.6 Å². The molecule has 0 aromatic heterocycles. The topological polar surface area (TPSA) is 171 Å². The Kier molecular flexibility index (Phi) is 13.0. The molecule has 0 spiro atoms. The maximum atomic E-state index is 15.0. The molecule has 1 saturated heterocycles. The Bertz CT molecular complexity index is 1480. The predicted molar refractivity (Wildman–Crippen MR) is 205 cm³/mol. The number of nitrogens with one attached hydrogen (secondary N) is 4. The van der Waals surface area contributed by atoms with Crippen molar-refractivity contribution in [1.29, 1.82) is 0 Å². The number of nitrogens with zero attached hydrogens (tertiary/aromatic N) is 1. The normalized spacial score (nSPS) is 25.6. The van der Waals surface area contributed by atoms with Crippen LogP contribution < -0.4 is 21.3 Å². The number of carbonyl (C=O) groups excluding carboxylic acids is 5. The van der Waals surface area contributed by atoms with Crippen LogP contribution in [0.3, 0.4) is 0 Å². The Hall–Kier alpha value is -2.70. The van der Waals surface area contributed by atoms with Gasteiger partial charge in [0.1, 0.15) is 12.1 Å². The highest BCUT2D eigenvalue weighted by Crippen LogP contribution is 2.42. The standard InChI is InChI=1S/C40H67N5O7S/c1-7-38(4,5)53(51,52)25-40(21-12-9-13-22-40)44-37(50)43-33(39(6)19-10-8-11-20-39)36(49)45-23-18-29(26(2)3)31(45)34(47)42-30(24-27-14-15-27)32(46)35(48)41-28-16-17-28/h26-31,33H,7-25H2,1-6H3,(H,41,48)(H,42,47)(H2,43,44,50)/t29-,30?,31+,33-/m1/s1. The van der Waals surface area contributed by atoms with Gasteiger partial charge >= 0.3 is 6.03 Å². The van der Waals surface area contributed by atoms with E-state index in [9.17, 15) is 32.4 Å². The number of carbonyl (C=O) groups is 5. The minimum absolute atomic E-state index is 0.0142. The van der Waals surface area contributed by atoms with Crippen molar-refractivity contribution >= 4 is 39.4 Å². The lowest BCUT2D eigenvalue weighted by molar-refractivity contribution is -0.145. The van der Waals surface area contributed by atoms with E-state index in [4.69, 9.17) is 0 Å². The average Bonchev–Trinajstić information content (AvgIpc) is 4.05. The molecule has 5 amide bonds. The molecule has 5 rings (SSSR count). The third kappa shape index (κ3) is 9.95. The molecular weight excluding hydrogens is 695 g/mol. The molecule has 53 heavy (non-hydrogen) atoms. The largest absolute Gasteiger partial charge is 0.347 e. The summed E-state index contributed by atoms with van der Waals surface area (Å²) in [7, 11) is -3.57. The third-order valence-corrected chi connectivity index (χ3v) is 16.4. The Morgan fingerprint density at radius 1 is 0.849 bits per heavy atom. The lowest BCUT2D eigenvalue weighted by atomic mass is 9.70. The molecule has 4 saturated carbocycles. The third-order valence-electron chi connectivity index (χ3n) is 13.5. The van der Waals surface area contributed by atoms with Gasteiger partial charge in [-0.05, 0) is 94.8 Å². The Balaban J connectivity index is 1.39. The number of ketones is 1. The second kappa shape index (κ2) is 16.6. The molecular formula is C40H67N5O7S. The van der Waals surface area contributed by atoms with Gasteiger partial charge in [-0.25, -0.2) is 13.2 Å². The molecule has 1 aliphatic heterocycles. The zero-order chi connectivity index (χ0) is 38.8. The molecule has 4 N–H and O–H groups in total. The van der Waals surface area contributed by atoms with E-state index in [0.717, 1.165) is 77.0 Å². The Labute approximate surface area is 317 Å². The van der Waals surface area contributed by atoms with Crippen molar-refractivity contribution < 1.29 is 32.4 Å². The summed E-state index contributed by atoms with van der Waals surface area (Å²) in [4.78, 5) is 71.3. The summed E-state index contributed by atoms with van der Waals surface area (Å²) < 4.78 is 26.4. The second-order valence-electron chi connectivity index (χ2n) is 18.5. The number of likely N-dealkylation sites (tertiary alicyclic amines) is 1. The predicted octanol–water partition coefficient (Wildman–Crippen LogP) is 4.94. The highest BCUT2D eigenvalue weighted by atomic mass is 32.2. The Morgan fingerprint density at radius 2 is 1.45 bits per heavy atom. The van der Waals surface area contributed by atoms with E-state index in [1.54, 1.807) is 18.7 Å². The van der Waals surface area contributed by atoms with Gasteiger partial charge in [-0.2, -0.15) is 0 Å². The van der Waals surface area contributed by atoms with Gasteiger partial charge in [0.05, 0.1) is 22.1 Å². The molecule has 0 bridgehead atoms. The first-order chi connectivity index (χ1) is 24.9. The fourth-order valence-electron chi connectivity index (χ4n) is 8.98. The van der Waals surface area contributed by atoms with Crippen LogP contribution >= 0.6 is 0 Å². The highest BCUT2D eigenvalue weighted by Gasteiger charge is 2.51. The maximum absolute atomic E-state index is 15.0. The van der Waals surface area contributed by atoms with Crippen LogP contribution in [0.5, 0.6) is 0 Å². The summed E-state index contributed by atoms with van der Waals surface area (Å²) in [6.07, 6.45) is 13.0. The number of amides is 5. The number of sulfone groups is 1. The molecule has 4 atom stereocenters. The van der Waals surface area contributed by atoms with Crippen molar-refractivity contribution in [2.45, 2.75) is 185 Å². The molecule has 300 valence electrons. The number of urea groups is 1. The van der Waals surface area contributed by atoms with Crippen LogP contribution in [0.2, 0.25) is 0 Å². The number of Topliss-reactive ketones (excluding diaryl/α,β-unsaturated/α-hetero) is 1. The van der Waals surface area contributed by atoms with Gasteiger partial charge in [0, 0.05) is 12.6 Å². The molecule has 12 nitrogen and oxygen atoms in total. The molecule has 0 aromatic rings. The van der Waals surface area contributed by atoms with Gasteiger partial charge in [-0.15, -0.1) is 0 Å². The van der Waals surface area contributed by atoms with Gasteiger partial charge in [-0.1, -0.05) is 79.1 Å². The molecule has 0 aromatic carbocycles. The van der Waals surface area contributed by atoms with Crippen LogP contribution in [0.15, 0.2) is 0 Å². The van der Waals surface area contributed by atoms with E-state index < -0.39 is 67.3 Å². The van der Waals surface area contributed by atoms with E-state index in [0.29, 0.717) is 38.6 Å². The number of hydrogen-bond acceptors (Lipinski definition) is 7. The molecule has 5 aliphatic rings. The first-order valence-corrected chi connectivity index (χ1v) is 22.3. The Morgan fingerprint density at radius 3 is 2.00 bits per heavy atom. The maximum Gasteiger partial charge on any atom is 0.315 e. The van der Waals surface area contributed by atoms with Crippen molar-refractivity contribution in [2.75, 3.05) is 12.3 Å². The van der Waals surface area contributed by atoms with Crippen LogP contribution in [0.4, 0.5) is 4.79 Å². The monoisotopic (exact) mass is 761 g/mol. The number of rotatable bonds is 16. The summed E-state index contributed by atoms with van der Waals surface area (Å²) in [5.41, 5.74) is -1.52. The molecule has 0 radical (unpaired) electrons. The van der Waals surface area contributed by atoms with E-state index >= 15 is 0 Å². The second-order valence-corrected chi connectivity index (χ2v) is 21.1. The van der Waals surface area contributed by atoms with Crippen LogP contribution in [-0.4, -0.2) is 89.6 Å². The van der Waals surface area contributed by atoms with E-state index in [2.05, 4.69) is 21.3 Å². The molecule has 5 fully saturated rings. The van der Waals surface area contributed by atoms with Crippen molar-refractivity contribution in [3.8, 4) is 0 Å². The highest BCUT2D eigenvalue weighted by molar-refractivity contribution is 7.92. The van der Waals surface area contributed by atoms with Crippen LogP contribution in [0.1, 0.15) is 151 Å². The van der Waals surface area contributed by atoms with Crippen LogP contribution in [0.25, 0.3) is 0 Å². The lowest BCUT2D eigenvalue weighted by Crippen LogP contribution is -2.64. The quantitative estimate of drug-likeness (QED) is 0.162. The molecule has 13 heteroatoms. The summed E-state index contributed by atoms with van der Waals surface area (Å²) in [6, 6.07) is -3.31. The van der Waals surface area contributed by atoms with Crippen LogP contribution in [0, 0.1) is 23.2 Å².